The lowest BCUT2D eigenvalue weighted by Gasteiger charge is -2.13. The van der Waals surface area contributed by atoms with E-state index in [-0.39, 0.29) is 0 Å². The van der Waals surface area contributed by atoms with Crippen LogP contribution in [0.4, 0.5) is 0 Å². The number of ether oxygens (including phenoxy) is 1. The molecule has 0 aromatic carbocycles. The maximum absolute atomic E-state index is 5.01. The molecule has 104 valence electrons. The molecular formula is C13H20N4OS. The van der Waals surface area contributed by atoms with Gasteiger partial charge in [-0.3, -0.25) is 0 Å². The highest BCUT2D eigenvalue weighted by Gasteiger charge is 2.11. The van der Waals surface area contributed by atoms with E-state index in [4.69, 9.17) is 4.74 Å². The summed E-state index contributed by atoms with van der Waals surface area (Å²) in [5.41, 5.74) is 1.19. The third-order valence-corrected chi connectivity index (χ3v) is 3.94. The maximum Gasteiger partial charge on any atom is 0.0970 e. The average Bonchev–Trinajstić information content (AvgIpc) is 3.06. The van der Waals surface area contributed by atoms with Crippen molar-refractivity contribution in [3.05, 3.63) is 34.8 Å². The van der Waals surface area contributed by atoms with E-state index >= 15 is 0 Å². The standard InChI is InChI=1S/C13H20N4OS/c1-11(13-16-4-6-19-13)9-17-10-15-8-12(17)7-14-3-5-18-2/h4,6,8,10-11,14H,3,5,7,9H2,1-2H3. The van der Waals surface area contributed by atoms with Crippen molar-refractivity contribution in [2.24, 2.45) is 0 Å². The summed E-state index contributed by atoms with van der Waals surface area (Å²) < 4.78 is 7.20. The first-order valence-corrected chi connectivity index (χ1v) is 7.27. The summed E-state index contributed by atoms with van der Waals surface area (Å²) in [5.74, 6) is 0.409. The molecule has 0 saturated heterocycles. The molecule has 1 unspecified atom stereocenters. The minimum absolute atomic E-state index is 0.409. The number of nitrogens with one attached hydrogen (secondary N) is 1. The van der Waals surface area contributed by atoms with Crippen LogP contribution in [0.25, 0.3) is 0 Å². The average molecular weight is 280 g/mol. The minimum Gasteiger partial charge on any atom is -0.383 e. The predicted molar refractivity (Wildman–Crippen MR) is 76.3 cm³/mol. The first kappa shape index (κ1) is 14.2. The predicted octanol–water partition coefficient (Wildman–Crippen LogP) is 1.88. The van der Waals surface area contributed by atoms with Gasteiger partial charge in [-0.25, -0.2) is 9.97 Å². The van der Waals surface area contributed by atoms with Crippen LogP contribution in [-0.2, 0) is 17.8 Å². The molecule has 0 spiro atoms. The fourth-order valence-electron chi connectivity index (χ4n) is 1.90. The number of nitrogens with zero attached hydrogens (tertiary/aromatic N) is 3. The Morgan fingerprint density at radius 2 is 2.42 bits per heavy atom. The first-order valence-electron chi connectivity index (χ1n) is 6.39. The van der Waals surface area contributed by atoms with Crippen LogP contribution in [0.15, 0.2) is 24.1 Å². The van der Waals surface area contributed by atoms with E-state index in [2.05, 4.69) is 26.8 Å². The quantitative estimate of drug-likeness (QED) is 0.750. The van der Waals surface area contributed by atoms with Gasteiger partial charge in [0.1, 0.15) is 0 Å². The Morgan fingerprint density at radius 3 is 3.16 bits per heavy atom. The van der Waals surface area contributed by atoms with Crippen LogP contribution in [0.2, 0.25) is 0 Å². The third-order valence-electron chi connectivity index (χ3n) is 2.93. The lowest BCUT2D eigenvalue weighted by atomic mass is 10.2. The van der Waals surface area contributed by atoms with Crippen LogP contribution in [-0.4, -0.2) is 34.8 Å². The Hall–Kier alpha value is -1.24. The molecule has 0 aliphatic rings. The molecule has 2 aromatic heterocycles. The third kappa shape index (κ3) is 4.12. The fourth-order valence-corrected chi connectivity index (χ4v) is 2.59. The van der Waals surface area contributed by atoms with Gasteiger partial charge < -0.3 is 14.6 Å². The highest BCUT2D eigenvalue weighted by atomic mass is 32.1. The number of methoxy groups -OCH3 is 1. The highest BCUT2D eigenvalue weighted by Crippen LogP contribution is 2.20. The van der Waals surface area contributed by atoms with Gasteiger partial charge >= 0.3 is 0 Å². The molecule has 0 radical (unpaired) electrons. The largest absolute Gasteiger partial charge is 0.383 e. The molecule has 0 aliphatic carbocycles. The van der Waals surface area contributed by atoms with Crippen molar-refractivity contribution in [3.8, 4) is 0 Å². The molecule has 1 N–H and O–H groups in total. The van der Waals surface area contributed by atoms with Crippen LogP contribution in [0.5, 0.6) is 0 Å². The molecule has 2 aromatic rings. The Morgan fingerprint density at radius 1 is 1.53 bits per heavy atom. The van der Waals surface area contributed by atoms with E-state index < -0.39 is 0 Å². The SMILES string of the molecule is COCCNCc1cncn1CC(C)c1nccs1. The van der Waals surface area contributed by atoms with Crippen molar-refractivity contribution in [2.45, 2.75) is 25.9 Å². The van der Waals surface area contributed by atoms with E-state index in [1.165, 1.54) is 10.7 Å². The van der Waals surface area contributed by atoms with Gasteiger partial charge in [-0.1, -0.05) is 6.92 Å². The summed E-state index contributed by atoms with van der Waals surface area (Å²) >= 11 is 1.71. The van der Waals surface area contributed by atoms with Crippen molar-refractivity contribution < 1.29 is 4.74 Å². The smallest absolute Gasteiger partial charge is 0.0970 e. The normalized spacial score (nSPS) is 12.7. The Labute approximate surface area is 117 Å². The summed E-state index contributed by atoms with van der Waals surface area (Å²) in [6.45, 7) is 5.50. The van der Waals surface area contributed by atoms with Crippen molar-refractivity contribution >= 4 is 11.3 Å². The van der Waals surface area contributed by atoms with Crippen LogP contribution >= 0.6 is 11.3 Å². The van der Waals surface area contributed by atoms with Crippen LogP contribution in [0.1, 0.15) is 23.5 Å². The second kappa shape index (κ2) is 7.37. The van der Waals surface area contributed by atoms with E-state index in [9.17, 15) is 0 Å². The van der Waals surface area contributed by atoms with E-state index in [1.54, 1.807) is 18.4 Å². The van der Waals surface area contributed by atoms with Gasteiger partial charge in [-0.15, -0.1) is 11.3 Å². The zero-order valence-corrected chi connectivity index (χ0v) is 12.2. The first-order chi connectivity index (χ1) is 9.31. The minimum atomic E-state index is 0.409. The number of rotatable bonds is 8. The molecular weight excluding hydrogens is 260 g/mol. The number of aromatic nitrogens is 3. The van der Waals surface area contributed by atoms with Gasteiger partial charge in [0.2, 0.25) is 0 Å². The Kier molecular flexibility index (Phi) is 5.50. The summed E-state index contributed by atoms with van der Waals surface area (Å²) in [5, 5.41) is 6.53. The molecule has 19 heavy (non-hydrogen) atoms. The summed E-state index contributed by atoms with van der Waals surface area (Å²) in [6.07, 6.45) is 5.66. The van der Waals surface area contributed by atoms with Gasteiger partial charge in [-0.2, -0.15) is 0 Å². The van der Waals surface area contributed by atoms with Gasteiger partial charge in [0.25, 0.3) is 0 Å². The number of imidazole rings is 1. The summed E-state index contributed by atoms with van der Waals surface area (Å²) in [4.78, 5) is 8.60. The molecule has 0 bridgehead atoms. The molecule has 5 nitrogen and oxygen atoms in total. The van der Waals surface area contributed by atoms with Crippen molar-refractivity contribution in [1.29, 1.82) is 0 Å². The van der Waals surface area contributed by atoms with Gasteiger partial charge in [0, 0.05) is 50.4 Å². The lowest BCUT2D eigenvalue weighted by Crippen LogP contribution is -2.21. The molecule has 1 atom stereocenters. The number of hydrogen-bond donors (Lipinski definition) is 1. The maximum atomic E-state index is 5.01. The second-order valence-corrected chi connectivity index (χ2v) is 5.40. The zero-order valence-electron chi connectivity index (χ0n) is 11.4. The van der Waals surface area contributed by atoms with E-state index in [0.29, 0.717) is 5.92 Å². The van der Waals surface area contributed by atoms with Crippen LogP contribution in [0, 0.1) is 0 Å². The van der Waals surface area contributed by atoms with E-state index in [1.807, 2.05) is 24.1 Å². The Bertz CT molecular complexity index is 469. The summed E-state index contributed by atoms with van der Waals surface area (Å²) in [6, 6.07) is 0. The molecule has 0 amide bonds. The summed E-state index contributed by atoms with van der Waals surface area (Å²) in [7, 11) is 1.71. The highest BCUT2D eigenvalue weighted by molar-refractivity contribution is 7.09. The monoisotopic (exact) mass is 280 g/mol. The second-order valence-electron chi connectivity index (χ2n) is 4.48. The fraction of sp³-hybridized carbons (Fsp3) is 0.538. The van der Waals surface area contributed by atoms with Crippen LogP contribution in [0.3, 0.4) is 0 Å². The molecule has 2 rings (SSSR count). The van der Waals surface area contributed by atoms with E-state index in [0.717, 1.165) is 26.2 Å². The molecule has 0 saturated carbocycles. The molecule has 0 aliphatic heterocycles. The topological polar surface area (TPSA) is 52.0 Å². The molecule has 0 fully saturated rings. The van der Waals surface area contributed by atoms with Crippen molar-refractivity contribution in [3.63, 3.8) is 0 Å². The molecule has 2 heterocycles. The number of hydrogen-bond acceptors (Lipinski definition) is 5. The van der Waals surface area contributed by atoms with Gasteiger partial charge in [0.05, 0.1) is 23.6 Å². The van der Waals surface area contributed by atoms with Crippen molar-refractivity contribution in [2.75, 3.05) is 20.3 Å². The Balaban J connectivity index is 1.88. The van der Waals surface area contributed by atoms with Gasteiger partial charge in [0.15, 0.2) is 0 Å². The number of thiazole rings is 1. The van der Waals surface area contributed by atoms with Crippen molar-refractivity contribution in [1.82, 2.24) is 19.9 Å². The zero-order chi connectivity index (χ0) is 13.5. The molecule has 6 heteroatoms. The lowest BCUT2D eigenvalue weighted by molar-refractivity contribution is 0.199. The van der Waals surface area contributed by atoms with Gasteiger partial charge in [-0.05, 0) is 0 Å². The van der Waals surface area contributed by atoms with Crippen LogP contribution < -0.4 is 5.32 Å².